The van der Waals surface area contributed by atoms with Crippen molar-refractivity contribution in [1.82, 2.24) is 0 Å². The normalized spacial score (nSPS) is 33.6. The number of halogens is 1. The molecule has 0 bridgehead atoms. The lowest BCUT2D eigenvalue weighted by atomic mass is 9.97. The Balaban J connectivity index is 3.10. The molecule has 0 aliphatic heterocycles. The minimum absolute atomic E-state index is 0.823. The van der Waals surface area contributed by atoms with Crippen LogP contribution in [0.3, 0.4) is 0 Å². The molecule has 2 unspecified atom stereocenters. The molecule has 0 radical (unpaired) electrons. The summed E-state index contributed by atoms with van der Waals surface area (Å²) in [6, 6.07) is 0. The molecule has 2 atom stereocenters. The van der Waals surface area contributed by atoms with Crippen molar-refractivity contribution in [2.45, 2.75) is 17.8 Å². The highest BCUT2D eigenvalue weighted by Crippen LogP contribution is 2.29. The fraction of sp³-hybridized carbons (Fsp3) is 0.500. The zero-order valence-electron chi connectivity index (χ0n) is 7.40. The number of methoxy groups -OCH3 is 1. The monoisotopic (exact) mass is 222 g/mol. The molecule has 0 heterocycles. The van der Waals surface area contributed by atoms with Gasteiger partial charge in [0.25, 0.3) is 0 Å². The summed E-state index contributed by atoms with van der Waals surface area (Å²) in [5.74, 6) is 0. The third-order valence-electron chi connectivity index (χ3n) is 2.13. The number of hydrogen-bond donors (Lipinski definition) is 0. The first kappa shape index (κ1) is 10.8. The highest BCUT2D eigenvalue weighted by Gasteiger charge is 2.39. The van der Waals surface area contributed by atoms with Gasteiger partial charge in [-0.05, 0) is 6.92 Å². The average Bonchev–Trinajstić information content (AvgIpc) is 2.03. The van der Waals surface area contributed by atoms with Crippen molar-refractivity contribution < 1.29 is 13.2 Å². The van der Waals surface area contributed by atoms with Crippen molar-refractivity contribution >= 4 is 19.7 Å². The molecule has 0 saturated carbocycles. The Bertz CT molecular complexity index is 344. The summed E-state index contributed by atoms with van der Waals surface area (Å²) in [6.07, 6.45) is 6.58. The first-order chi connectivity index (χ1) is 5.90. The maximum Gasteiger partial charge on any atom is 0.242 e. The minimum atomic E-state index is -3.64. The van der Waals surface area contributed by atoms with Gasteiger partial charge in [0.05, 0.1) is 0 Å². The van der Waals surface area contributed by atoms with E-state index in [2.05, 4.69) is 0 Å². The molecule has 0 amide bonds. The van der Waals surface area contributed by atoms with Crippen molar-refractivity contribution in [3.8, 4) is 0 Å². The molecule has 1 aliphatic carbocycles. The summed E-state index contributed by atoms with van der Waals surface area (Å²) in [5.41, 5.74) is -0.866. The third kappa shape index (κ3) is 2.13. The molecular weight excluding hydrogens is 212 g/mol. The van der Waals surface area contributed by atoms with E-state index in [0.717, 1.165) is 0 Å². The van der Waals surface area contributed by atoms with Gasteiger partial charge in [-0.1, -0.05) is 24.3 Å². The second-order valence-electron chi connectivity index (χ2n) is 3.03. The smallest absolute Gasteiger partial charge is 0.242 e. The van der Waals surface area contributed by atoms with Crippen molar-refractivity contribution in [2.75, 3.05) is 7.11 Å². The molecular formula is C8H11ClO3S. The van der Waals surface area contributed by atoms with Crippen molar-refractivity contribution in [1.29, 1.82) is 0 Å². The lowest BCUT2D eigenvalue weighted by Crippen LogP contribution is -2.42. The number of hydrogen-bond acceptors (Lipinski definition) is 3. The van der Waals surface area contributed by atoms with Gasteiger partial charge in [0.2, 0.25) is 9.05 Å². The van der Waals surface area contributed by atoms with E-state index in [-0.39, 0.29) is 0 Å². The van der Waals surface area contributed by atoms with Crippen LogP contribution in [-0.4, -0.2) is 26.4 Å². The minimum Gasteiger partial charge on any atom is -0.373 e. The van der Waals surface area contributed by atoms with Crippen LogP contribution in [0.1, 0.15) is 6.92 Å². The fourth-order valence-electron chi connectivity index (χ4n) is 1.26. The topological polar surface area (TPSA) is 43.4 Å². The number of allylic oxidation sites excluding steroid dienone is 2. The molecule has 74 valence electrons. The first-order valence-electron chi connectivity index (χ1n) is 3.75. The predicted octanol–water partition coefficient (Wildman–Crippen LogP) is 1.45. The number of ether oxygens (including phenoxy) is 1. The molecule has 3 nitrogen and oxygen atoms in total. The highest BCUT2D eigenvalue weighted by atomic mass is 35.7. The Morgan fingerprint density at radius 3 is 2.46 bits per heavy atom. The summed E-state index contributed by atoms with van der Waals surface area (Å²) in [6.45, 7) is 1.68. The van der Waals surface area contributed by atoms with Crippen LogP contribution >= 0.6 is 10.7 Å². The predicted molar refractivity (Wildman–Crippen MR) is 52.3 cm³/mol. The van der Waals surface area contributed by atoms with Crippen LogP contribution in [0.4, 0.5) is 0 Å². The SMILES string of the molecule is COC1(C)C=CC=CC1S(=O)(=O)Cl. The maximum atomic E-state index is 11.2. The zero-order valence-corrected chi connectivity index (χ0v) is 8.97. The standard InChI is InChI=1S/C8H11ClO3S/c1-8(12-2)6-4-3-5-7(8)13(9,10)11/h3-7H,1-2H3. The molecule has 0 fully saturated rings. The molecule has 0 aromatic carbocycles. The van der Waals surface area contributed by atoms with E-state index in [4.69, 9.17) is 15.4 Å². The van der Waals surface area contributed by atoms with Gasteiger partial charge in [0.1, 0.15) is 10.9 Å². The van der Waals surface area contributed by atoms with Crippen LogP contribution in [0.25, 0.3) is 0 Å². The molecule has 13 heavy (non-hydrogen) atoms. The second kappa shape index (κ2) is 3.44. The molecule has 0 aromatic rings. The lowest BCUT2D eigenvalue weighted by molar-refractivity contribution is 0.0534. The highest BCUT2D eigenvalue weighted by molar-refractivity contribution is 8.14. The van der Waals surface area contributed by atoms with E-state index < -0.39 is 19.9 Å². The molecule has 1 rings (SSSR count). The van der Waals surface area contributed by atoms with Crippen LogP contribution in [0.5, 0.6) is 0 Å². The second-order valence-corrected chi connectivity index (χ2v) is 5.78. The Hall–Kier alpha value is -0.320. The van der Waals surface area contributed by atoms with Gasteiger partial charge >= 0.3 is 0 Å². The van der Waals surface area contributed by atoms with Crippen molar-refractivity contribution in [3.05, 3.63) is 24.3 Å². The zero-order chi connectivity index (χ0) is 10.1. The van der Waals surface area contributed by atoms with E-state index in [1.54, 1.807) is 25.2 Å². The Kier molecular flexibility index (Phi) is 2.85. The van der Waals surface area contributed by atoms with E-state index in [1.807, 2.05) is 0 Å². The summed E-state index contributed by atoms with van der Waals surface area (Å²) < 4.78 is 27.4. The fourth-order valence-corrected chi connectivity index (χ4v) is 2.98. The lowest BCUT2D eigenvalue weighted by Gasteiger charge is -2.31. The van der Waals surface area contributed by atoms with Crippen LogP contribution in [0.2, 0.25) is 0 Å². The van der Waals surface area contributed by atoms with Crippen LogP contribution < -0.4 is 0 Å². The van der Waals surface area contributed by atoms with Gasteiger partial charge in [-0.25, -0.2) is 8.42 Å². The van der Waals surface area contributed by atoms with Gasteiger partial charge < -0.3 is 4.74 Å². The van der Waals surface area contributed by atoms with Crippen LogP contribution in [-0.2, 0) is 13.8 Å². The summed E-state index contributed by atoms with van der Waals surface area (Å²) in [7, 11) is 3.10. The van der Waals surface area contributed by atoms with Gasteiger partial charge in [-0.2, -0.15) is 0 Å². The average molecular weight is 223 g/mol. The summed E-state index contributed by atoms with van der Waals surface area (Å²) >= 11 is 0. The first-order valence-corrected chi connectivity index (χ1v) is 6.12. The third-order valence-corrected chi connectivity index (χ3v) is 3.94. The van der Waals surface area contributed by atoms with Gasteiger partial charge in [0.15, 0.2) is 0 Å². The van der Waals surface area contributed by atoms with E-state index in [0.29, 0.717) is 0 Å². The summed E-state index contributed by atoms with van der Waals surface area (Å²) in [5, 5.41) is -0.823. The molecule has 0 N–H and O–H groups in total. The van der Waals surface area contributed by atoms with E-state index in [9.17, 15) is 8.42 Å². The van der Waals surface area contributed by atoms with Gasteiger partial charge in [-0.3, -0.25) is 0 Å². The Labute approximate surface area is 82.5 Å². The molecule has 0 saturated heterocycles. The number of rotatable bonds is 2. The maximum absolute atomic E-state index is 11.2. The Morgan fingerprint density at radius 1 is 1.46 bits per heavy atom. The largest absolute Gasteiger partial charge is 0.373 e. The summed E-state index contributed by atoms with van der Waals surface area (Å²) in [4.78, 5) is 0. The quantitative estimate of drug-likeness (QED) is 0.665. The molecule has 0 aromatic heterocycles. The van der Waals surface area contributed by atoms with Crippen molar-refractivity contribution in [2.24, 2.45) is 0 Å². The molecule has 1 aliphatic rings. The van der Waals surface area contributed by atoms with Crippen LogP contribution in [0, 0.1) is 0 Å². The van der Waals surface area contributed by atoms with E-state index >= 15 is 0 Å². The molecule has 0 spiro atoms. The van der Waals surface area contributed by atoms with Crippen LogP contribution in [0.15, 0.2) is 24.3 Å². The van der Waals surface area contributed by atoms with Gasteiger partial charge in [0, 0.05) is 17.8 Å². The van der Waals surface area contributed by atoms with Crippen molar-refractivity contribution in [3.63, 3.8) is 0 Å². The van der Waals surface area contributed by atoms with E-state index in [1.165, 1.54) is 13.2 Å². The molecule has 5 heteroatoms. The van der Waals surface area contributed by atoms with Gasteiger partial charge in [-0.15, -0.1) is 0 Å². The Morgan fingerprint density at radius 2 is 2.08 bits per heavy atom.